The van der Waals surface area contributed by atoms with E-state index in [1.165, 1.54) is 11.1 Å². The fourth-order valence-corrected chi connectivity index (χ4v) is 5.23. The molecule has 0 amide bonds. The van der Waals surface area contributed by atoms with Crippen LogP contribution in [0.1, 0.15) is 76.8 Å². The van der Waals surface area contributed by atoms with Crippen molar-refractivity contribution in [1.29, 1.82) is 0 Å². The summed E-state index contributed by atoms with van der Waals surface area (Å²) in [7, 11) is 0. The third-order valence-corrected chi connectivity index (χ3v) is 7.31. The van der Waals surface area contributed by atoms with Gasteiger partial charge in [-0.3, -0.25) is 4.79 Å². The van der Waals surface area contributed by atoms with Crippen LogP contribution in [0.15, 0.2) is 48.5 Å². The maximum absolute atomic E-state index is 12.1. The molecule has 35 heavy (non-hydrogen) atoms. The number of piperidine rings is 1. The average molecular weight is 480 g/mol. The molecule has 0 N–H and O–H groups in total. The summed E-state index contributed by atoms with van der Waals surface area (Å²) in [5.74, 6) is 2.29. The number of benzene rings is 2. The highest BCUT2D eigenvalue weighted by atomic mass is 16.6. The largest absolute Gasteiger partial charge is 0.493 e. The molecule has 1 fully saturated rings. The van der Waals surface area contributed by atoms with Crippen LogP contribution in [0, 0.1) is 0 Å². The average Bonchev–Trinajstić information content (AvgIpc) is 3.18. The van der Waals surface area contributed by atoms with Crippen molar-refractivity contribution < 1.29 is 19.0 Å². The first kappa shape index (κ1) is 25.6. The van der Waals surface area contributed by atoms with E-state index in [1.54, 1.807) is 0 Å². The van der Waals surface area contributed by atoms with Crippen LogP contribution < -0.4 is 9.47 Å². The van der Waals surface area contributed by atoms with Gasteiger partial charge in [0.1, 0.15) is 17.1 Å². The Balaban J connectivity index is 1.23. The molecule has 1 atom stereocenters. The summed E-state index contributed by atoms with van der Waals surface area (Å²) in [6.07, 6.45) is 4.68. The third kappa shape index (κ3) is 6.78. The molecular formula is C30H41NO4. The lowest BCUT2D eigenvalue weighted by Gasteiger charge is -2.38. The molecule has 0 bridgehead atoms. The summed E-state index contributed by atoms with van der Waals surface area (Å²) in [5, 5.41) is 0. The quantitative estimate of drug-likeness (QED) is 0.321. The summed E-state index contributed by atoms with van der Waals surface area (Å²) < 4.78 is 17.7. The molecule has 5 nitrogen and oxygen atoms in total. The molecule has 5 heteroatoms. The van der Waals surface area contributed by atoms with Gasteiger partial charge >= 0.3 is 5.97 Å². The zero-order valence-electron chi connectivity index (χ0n) is 21.8. The Morgan fingerprint density at radius 2 is 1.86 bits per heavy atom. The number of carbonyl (C=O) groups excluding carboxylic acids is 1. The SMILES string of the molecule is CC(CCCOc1ccc2c(c1)OCC21CCN(CCC(=O)OC(C)(C)C)CC1)c1ccccc1. The van der Waals surface area contributed by atoms with Crippen molar-refractivity contribution in [2.75, 3.05) is 32.8 Å². The number of esters is 1. The fraction of sp³-hybridized carbons (Fsp3) is 0.567. The van der Waals surface area contributed by atoms with Crippen molar-refractivity contribution in [1.82, 2.24) is 4.90 Å². The molecule has 0 aliphatic carbocycles. The van der Waals surface area contributed by atoms with Gasteiger partial charge in [0.25, 0.3) is 0 Å². The zero-order valence-corrected chi connectivity index (χ0v) is 21.8. The van der Waals surface area contributed by atoms with Gasteiger partial charge in [-0.05, 0) is 77.1 Å². The van der Waals surface area contributed by atoms with Crippen LogP contribution in [-0.4, -0.2) is 49.3 Å². The highest BCUT2D eigenvalue weighted by Gasteiger charge is 2.43. The van der Waals surface area contributed by atoms with Gasteiger partial charge in [-0.25, -0.2) is 0 Å². The molecule has 0 saturated carbocycles. The molecule has 4 rings (SSSR count). The number of nitrogens with zero attached hydrogens (tertiary/aromatic N) is 1. The summed E-state index contributed by atoms with van der Waals surface area (Å²) in [5.41, 5.74) is 2.37. The van der Waals surface area contributed by atoms with Gasteiger partial charge in [0.2, 0.25) is 0 Å². The molecule has 0 aromatic heterocycles. The number of ether oxygens (including phenoxy) is 3. The normalized spacial score (nSPS) is 18.1. The summed E-state index contributed by atoms with van der Waals surface area (Å²) in [6.45, 7) is 12.2. The van der Waals surface area contributed by atoms with E-state index in [9.17, 15) is 4.79 Å². The minimum Gasteiger partial charge on any atom is -0.493 e. The van der Waals surface area contributed by atoms with Crippen LogP contribution >= 0.6 is 0 Å². The first-order valence-corrected chi connectivity index (χ1v) is 13.1. The third-order valence-electron chi connectivity index (χ3n) is 7.31. The van der Waals surface area contributed by atoms with Gasteiger partial charge in [-0.15, -0.1) is 0 Å². The topological polar surface area (TPSA) is 48.0 Å². The second-order valence-electron chi connectivity index (χ2n) is 11.2. The van der Waals surface area contributed by atoms with Gasteiger partial charge in [0, 0.05) is 23.6 Å². The van der Waals surface area contributed by atoms with Crippen molar-refractivity contribution >= 4 is 5.97 Å². The first-order chi connectivity index (χ1) is 16.7. The van der Waals surface area contributed by atoms with Crippen molar-refractivity contribution in [3.05, 3.63) is 59.7 Å². The number of hydrogen-bond acceptors (Lipinski definition) is 5. The Morgan fingerprint density at radius 1 is 1.11 bits per heavy atom. The van der Waals surface area contributed by atoms with E-state index in [0.717, 1.165) is 63.4 Å². The maximum atomic E-state index is 12.1. The van der Waals surface area contributed by atoms with E-state index in [0.29, 0.717) is 18.9 Å². The highest BCUT2D eigenvalue weighted by molar-refractivity contribution is 5.70. The Bertz CT molecular complexity index is 974. The molecule has 1 spiro atoms. The second kappa shape index (κ2) is 11.0. The Morgan fingerprint density at radius 3 is 2.57 bits per heavy atom. The van der Waals surface area contributed by atoms with Crippen LogP contribution in [0.5, 0.6) is 11.5 Å². The van der Waals surface area contributed by atoms with E-state index < -0.39 is 5.60 Å². The molecule has 190 valence electrons. The van der Waals surface area contributed by atoms with Crippen LogP contribution in [0.25, 0.3) is 0 Å². The van der Waals surface area contributed by atoms with Crippen molar-refractivity contribution in [3.8, 4) is 11.5 Å². The Labute approximate surface area is 210 Å². The summed E-state index contributed by atoms with van der Waals surface area (Å²) in [4.78, 5) is 14.4. The van der Waals surface area contributed by atoms with Gasteiger partial charge in [-0.1, -0.05) is 43.3 Å². The van der Waals surface area contributed by atoms with Crippen molar-refractivity contribution in [2.24, 2.45) is 0 Å². The van der Waals surface area contributed by atoms with Crippen LogP contribution in [0.3, 0.4) is 0 Å². The molecule has 2 aliphatic heterocycles. The molecule has 1 saturated heterocycles. The Kier molecular flexibility index (Phi) is 8.05. The molecule has 1 unspecified atom stereocenters. The van der Waals surface area contributed by atoms with Gasteiger partial charge < -0.3 is 19.1 Å². The van der Waals surface area contributed by atoms with Crippen LogP contribution in [-0.2, 0) is 14.9 Å². The fourth-order valence-electron chi connectivity index (χ4n) is 5.23. The number of fused-ring (bicyclic) bond motifs is 2. The second-order valence-corrected chi connectivity index (χ2v) is 11.2. The molecule has 2 heterocycles. The molecule has 0 radical (unpaired) electrons. The summed E-state index contributed by atoms with van der Waals surface area (Å²) >= 11 is 0. The first-order valence-electron chi connectivity index (χ1n) is 13.1. The van der Waals surface area contributed by atoms with Crippen molar-refractivity contribution in [2.45, 2.75) is 76.7 Å². The van der Waals surface area contributed by atoms with E-state index in [4.69, 9.17) is 14.2 Å². The molecule has 2 aliphatic rings. The lowest BCUT2D eigenvalue weighted by Crippen LogP contribution is -2.44. The smallest absolute Gasteiger partial charge is 0.307 e. The minimum atomic E-state index is -0.420. The minimum absolute atomic E-state index is 0.0847. The van der Waals surface area contributed by atoms with Crippen LogP contribution in [0.4, 0.5) is 0 Å². The lowest BCUT2D eigenvalue weighted by molar-refractivity contribution is -0.155. The monoisotopic (exact) mass is 479 g/mol. The zero-order chi connectivity index (χ0) is 24.9. The highest BCUT2D eigenvalue weighted by Crippen LogP contribution is 2.46. The number of likely N-dealkylation sites (tertiary alicyclic amines) is 1. The molecular weight excluding hydrogens is 438 g/mol. The van der Waals surface area contributed by atoms with Gasteiger partial charge in [-0.2, -0.15) is 0 Å². The molecule has 2 aromatic rings. The van der Waals surface area contributed by atoms with E-state index in [2.05, 4.69) is 60.4 Å². The predicted octanol–water partition coefficient (Wildman–Crippen LogP) is 6.11. The number of rotatable bonds is 9. The van der Waals surface area contributed by atoms with E-state index >= 15 is 0 Å². The van der Waals surface area contributed by atoms with E-state index in [1.807, 2.05) is 20.8 Å². The maximum Gasteiger partial charge on any atom is 0.307 e. The van der Waals surface area contributed by atoms with Crippen molar-refractivity contribution in [3.63, 3.8) is 0 Å². The van der Waals surface area contributed by atoms with Gasteiger partial charge in [0.05, 0.1) is 19.6 Å². The molecule has 2 aromatic carbocycles. The van der Waals surface area contributed by atoms with Gasteiger partial charge in [0.15, 0.2) is 0 Å². The lowest BCUT2D eigenvalue weighted by atomic mass is 9.74. The number of carbonyl (C=O) groups is 1. The van der Waals surface area contributed by atoms with E-state index in [-0.39, 0.29) is 11.4 Å². The Hall–Kier alpha value is -2.53. The number of hydrogen-bond donors (Lipinski definition) is 0. The predicted molar refractivity (Wildman–Crippen MR) is 139 cm³/mol. The summed E-state index contributed by atoms with van der Waals surface area (Å²) in [6, 6.07) is 17.1. The standard InChI is InChI=1S/C30H41NO4/c1-23(24-10-6-5-7-11-24)9-8-20-33-25-12-13-26-27(21-25)34-22-30(26)15-18-31(19-16-30)17-14-28(32)35-29(2,3)4/h5-7,10-13,21,23H,8-9,14-20,22H2,1-4H3. The van der Waals surface area contributed by atoms with Crippen LogP contribution in [0.2, 0.25) is 0 Å².